The van der Waals surface area contributed by atoms with Gasteiger partial charge >= 0.3 is 0 Å². The van der Waals surface area contributed by atoms with Crippen LogP contribution in [0.4, 0.5) is 5.82 Å². The number of allylic oxidation sites excluding steroid dienone is 1. The fourth-order valence-electron chi connectivity index (χ4n) is 4.61. The van der Waals surface area contributed by atoms with Crippen LogP contribution in [0.5, 0.6) is 0 Å². The van der Waals surface area contributed by atoms with Crippen molar-refractivity contribution < 1.29 is 14.0 Å². The van der Waals surface area contributed by atoms with Gasteiger partial charge in [-0.2, -0.15) is 0 Å². The number of ketones is 1. The van der Waals surface area contributed by atoms with E-state index < -0.39 is 0 Å². The first-order chi connectivity index (χ1) is 17.7. The molecule has 37 heavy (non-hydrogen) atoms. The first kappa shape index (κ1) is 24.8. The van der Waals surface area contributed by atoms with Crippen LogP contribution in [0.3, 0.4) is 0 Å². The molecule has 0 spiro atoms. The number of anilines is 1. The molecular weight excluding hydrogens is 486 g/mol. The van der Waals surface area contributed by atoms with Crippen molar-refractivity contribution in [1.29, 1.82) is 0 Å². The Hall–Kier alpha value is -3.90. The number of nitrogen functional groups attached to an aromatic ring is 1. The molecule has 188 valence electrons. The van der Waals surface area contributed by atoms with Gasteiger partial charge in [0.2, 0.25) is 0 Å². The third-order valence-corrected chi connectivity index (χ3v) is 6.78. The molecule has 5 rings (SSSR count). The van der Waals surface area contributed by atoms with E-state index in [9.17, 15) is 9.59 Å². The molecule has 2 aromatic heterocycles. The zero-order chi connectivity index (χ0) is 26.2. The number of nitrogens with two attached hydrogens (primary N) is 1. The van der Waals surface area contributed by atoms with Crippen molar-refractivity contribution in [3.63, 3.8) is 0 Å². The summed E-state index contributed by atoms with van der Waals surface area (Å²) in [6.45, 7) is 5.89. The number of fused-ring (bicyclic) bond motifs is 1. The molecule has 1 saturated heterocycles. The molecule has 1 amide bonds. The number of amides is 1. The lowest BCUT2D eigenvalue weighted by Crippen LogP contribution is -2.55. The smallest absolute Gasteiger partial charge is 0.253 e. The van der Waals surface area contributed by atoms with Crippen LogP contribution >= 0.6 is 11.6 Å². The van der Waals surface area contributed by atoms with Crippen molar-refractivity contribution in [3.05, 3.63) is 88.8 Å². The summed E-state index contributed by atoms with van der Waals surface area (Å²) < 4.78 is 5.95. The number of carbonyl (C=O) groups excluding carboxylic acids is 2. The van der Waals surface area contributed by atoms with Crippen LogP contribution < -0.4 is 5.73 Å². The summed E-state index contributed by atoms with van der Waals surface area (Å²) in [5.41, 5.74) is 9.78. The van der Waals surface area contributed by atoms with E-state index in [-0.39, 0.29) is 17.1 Å². The lowest BCUT2D eigenvalue weighted by Gasteiger charge is -2.45. The molecule has 2 N–H and O–H groups in total. The van der Waals surface area contributed by atoms with Crippen LogP contribution in [0, 0.1) is 5.41 Å². The second kappa shape index (κ2) is 9.87. The van der Waals surface area contributed by atoms with Gasteiger partial charge in [0.15, 0.2) is 11.4 Å². The number of halogens is 1. The number of rotatable bonds is 7. The molecule has 0 unspecified atom stereocenters. The Morgan fingerprint density at radius 1 is 1.08 bits per heavy atom. The molecule has 0 atom stereocenters. The highest BCUT2D eigenvalue weighted by Gasteiger charge is 2.37. The van der Waals surface area contributed by atoms with E-state index in [4.69, 9.17) is 21.8 Å². The Balaban J connectivity index is 1.25. The van der Waals surface area contributed by atoms with Crippen molar-refractivity contribution >= 4 is 46.2 Å². The van der Waals surface area contributed by atoms with E-state index in [0.717, 1.165) is 35.2 Å². The molecule has 1 aliphatic rings. The summed E-state index contributed by atoms with van der Waals surface area (Å²) in [6, 6.07) is 16.9. The molecule has 1 fully saturated rings. The van der Waals surface area contributed by atoms with Gasteiger partial charge in [0.25, 0.3) is 5.91 Å². The summed E-state index contributed by atoms with van der Waals surface area (Å²) >= 11 is 6.55. The van der Waals surface area contributed by atoms with Crippen LogP contribution in [-0.2, 0) is 11.2 Å². The second-order valence-electron chi connectivity index (χ2n) is 10.3. The number of aromatic nitrogens is 1. The SMILES string of the molecule is CC1(C)CN(C(=O)c2ccc(-c3cc(Cl)c4oc(CCC(=O)/C=C/c5ccc(N)nc5)cc4c3)cc2)C1. The van der Waals surface area contributed by atoms with Gasteiger partial charge in [0.1, 0.15) is 11.6 Å². The molecule has 0 aliphatic carbocycles. The predicted octanol–water partition coefficient (Wildman–Crippen LogP) is 6.43. The number of pyridine rings is 1. The minimum atomic E-state index is -0.0134. The number of carbonyl (C=O) groups is 2. The van der Waals surface area contributed by atoms with E-state index in [0.29, 0.717) is 40.6 Å². The van der Waals surface area contributed by atoms with Gasteiger partial charge < -0.3 is 15.1 Å². The Labute approximate surface area is 220 Å². The van der Waals surface area contributed by atoms with Crippen LogP contribution in [0.25, 0.3) is 28.2 Å². The number of aryl methyl sites for hydroxylation is 1. The molecule has 2 aromatic carbocycles. The van der Waals surface area contributed by atoms with E-state index >= 15 is 0 Å². The zero-order valence-electron chi connectivity index (χ0n) is 20.8. The normalized spacial score (nSPS) is 14.7. The highest BCUT2D eigenvalue weighted by atomic mass is 35.5. The van der Waals surface area contributed by atoms with Crippen molar-refractivity contribution in [2.24, 2.45) is 5.41 Å². The second-order valence-corrected chi connectivity index (χ2v) is 10.7. The van der Waals surface area contributed by atoms with Gasteiger partial charge in [-0.3, -0.25) is 9.59 Å². The summed E-state index contributed by atoms with van der Waals surface area (Å²) in [7, 11) is 0. The maximum atomic E-state index is 12.7. The topological polar surface area (TPSA) is 89.4 Å². The quantitative estimate of drug-likeness (QED) is 0.288. The standard InChI is InChI=1S/C30H28ClN3O3/c1-30(2)17-34(18-30)29(36)21-7-5-20(6-8-21)22-13-23-14-25(37-28(23)26(31)15-22)11-10-24(35)9-3-19-4-12-27(32)33-16-19/h3-9,12-16H,10-11,17-18H2,1-2H3,(H2,32,33)/b9-3+. The van der Waals surface area contributed by atoms with E-state index in [2.05, 4.69) is 18.8 Å². The van der Waals surface area contributed by atoms with Crippen molar-refractivity contribution in [2.75, 3.05) is 18.8 Å². The molecule has 0 radical (unpaired) electrons. The highest BCUT2D eigenvalue weighted by Crippen LogP contribution is 2.34. The van der Waals surface area contributed by atoms with E-state index in [1.807, 2.05) is 53.4 Å². The molecule has 4 aromatic rings. The number of hydrogen-bond acceptors (Lipinski definition) is 5. The van der Waals surface area contributed by atoms with E-state index in [1.54, 1.807) is 18.3 Å². The summed E-state index contributed by atoms with van der Waals surface area (Å²) in [4.78, 5) is 30.9. The Kier molecular flexibility index (Phi) is 6.61. The number of likely N-dealkylation sites (tertiary alicyclic amines) is 1. The summed E-state index contributed by atoms with van der Waals surface area (Å²) in [5, 5.41) is 1.38. The monoisotopic (exact) mass is 513 g/mol. The third kappa shape index (κ3) is 5.59. The van der Waals surface area contributed by atoms with Gasteiger partial charge in [0.05, 0.1) is 5.02 Å². The molecular formula is C30H28ClN3O3. The molecule has 7 heteroatoms. The average Bonchev–Trinajstić information content (AvgIpc) is 3.29. The molecule has 0 saturated carbocycles. The van der Waals surface area contributed by atoms with Crippen LogP contribution in [0.2, 0.25) is 5.02 Å². The Morgan fingerprint density at radius 3 is 2.51 bits per heavy atom. The van der Waals surface area contributed by atoms with Crippen LogP contribution in [0.1, 0.15) is 41.9 Å². The zero-order valence-corrected chi connectivity index (χ0v) is 21.6. The fraction of sp³-hybridized carbons (Fsp3) is 0.233. The lowest BCUT2D eigenvalue weighted by molar-refractivity contribution is -0.114. The predicted molar refractivity (Wildman–Crippen MR) is 147 cm³/mol. The minimum absolute atomic E-state index is 0.0134. The Bertz CT molecular complexity index is 1490. The molecule has 6 nitrogen and oxygen atoms in total. The number of hydrogen-bond donors (Lipinski definition) is 1. The maximum Gasteiger partial charge on any atom is 0.253 e. The number of furan rings is 1. The van der Waals surface area contributed by atoms with Crippen molar-refractivity contribution in [3.8, 4) is 11.1 Å². The molecule has 0 bridgehead atoms. The van der Waals surface area contributed by atoms with Crippen LogP contribution in [0.15, 0.2) is 71.3 Å². The lowest BCUT2D eigenvalue weighted by atomic mass is 9.84. The van der Waals surface area contributed by atoms with Crippen molar-refractivity contribution in [2.45, 2.75) is 26.7 Å². The van der Waals surface area contributed by atoms with Gasteiger partial charge in [-0.1, -0.05) is 37.6 Å². The van der Waals surface area contributed by atoms with Crippen LogP contribution in [-0.4, -0.2) is 34.7 Å². The van der Waals surface area contributed by atoms with Gasteiger partial charge in [-0.25, -0.2) is 4.98 Å². The largest absolute Gasteiger partial charge is 0.459 e. The minimum Gasteiger partial charge on any atom is -0.459 e. The third-order valence-electron chi connectivity index (χ3n) is 6.50. The van der Waals surface area contributed by atoms with Gasteiger partial charge in [-0.15, -0.1) is 0 Å². The average molecular weight is 514 g/mol. The Morgan fingerprint density at radius 2 is 1.84 bits per heavy atom. The molecule has 3 heterocycles. The van der Waals surface area contributed by atoms with Crippen molar-refractivity contribution in [1.82, 2.24) is 9.88 Å². The highest BCUT2D eigenvalue weighted by molar-refractivity contribution is 6.35. The summed E-state index contributed by atoms with van der Waals surface area (Å²) in [5.74, 6) is 1.19. The molecule has 1 aliphatic heterocycles. The summed E-state index contributed by atoms with van der Waals surface area (Å²) in [6.07, 6.45) is 5.66. The first-order valence-corrected chi connectivity index (χ1v) is 12.6. The van der Waals surface area contributed by atoms with Gasteiger partial charge in [-0.05, 0) is 76.7 Å². The number of benzene rings is 2. The fourth-order valence-corrected chi connectivity index (χ4v) is 4.87. The first-order valence-electron chi connectivity index (χ1n) is 12.2. The van der Waals surface area contributed by atoms with E-state index in [1.165, 1.54) is 6.08 Å². The van der Waals surface area contributed by atoms with Gasteiger partial charge in [0, 0.05) is 43.1 Å². The maximum absolute atomic E-state index is 12.7. The number of nitrogens with zero attached hydrogens (tertiary/aromatic N) is 2.